The van der Waals surface area contributed by atoms with Crippen molar-refractivity contribution < 1.29 is 19.4 Å². The summed E-state index contributed by atoms with van der Waals surface area (Å²) in [6, 6.07) is 31.6. The van der Waals surface area contributed by atoms with E-state index in [9.17, 15) is 9.90 Å². The molecule has 0 bridgehead atoms. The fourth-order valence-corrected chi connectivity index (χ4v) is 6.56. The molecule has 242 valence electrons. The lowest BCUT2D eigenvalue weighted by Crippen LogP contribution is -2.31. The zero-order valence-corrected chi connectivity index (χ0v) is 27.1. The van der Waals surface area contributed by atoms with Gasteiger partial charge in [-0.2, -0.15) is 0 Å². The van der Waals surface area contributed by atoms with Gasteiger partial charge in [0.15, 0.2) is 11.4 Å². The van der Waals surface area contributed by atoms with E-state index in [-0.39, 0.29) is 30.4 Å². The third kappa shape index (κ3) is 7.29. The summed E-state index contributed by atoms with van der Waals surface area (Å²) in [5, 5.41) is 21.5. The number of fused-ring (bicyclic) bond motifs is 1. The SMILES string of the molecule is Cn1cnnc1SCC1CC(c2ccc(CO)cc2)OC(c2cccc(-c3cccc(CNC(=O)c4cnc5ccccc5n4)c3)c2)O1. The van der Waals surface area contributed by atoms with Gasteiger partial charge in [0, 0.05) is 31.3 Å². The number of carbonyl (C=O) groups is 1. The van der Waals surface area contributed by atoms with Crippen molar-refractivity contribution in [3.63, 3.8) is 0 Å². The number of aryl methyl sites for hydroxylation is 1. The number of carbonyl (C=O) groups excluding carboxylic acids is 1. The topological polar surface area (TPSA) is 124 Å². The number of aliphatic hydroxyl groups is 1. The molecule has 2 N–H and O–H groups in total. The van der Waals surface area contributed by atoms with Crippen molar-refractivity contribution in [1.82, 2.24) is 30.0 Å². The lowest BCUT2D eigenvalue weighted by atomic mass is 9.99. The molecule has 1 aliphatic rings. The highest BCUT2D eigenvalue weighted by atomic mass is 32.2. The number of para-hydroxylation sites is 2. The smallest absolute Gasteiger partial charge is 0.271 e. The standard InChI is InChI=1S/C37H34N6O4S/c1-43-23-40-42-37(43)48-22-30-18-34(26-14-12-24(21-44)13-15-26)47-36(46-30)29-9-5-8-28(17-29)27-7-4-6-25(16-27)19-39-35(45)33-20-38-31-10-2-3-11-32(31)41-33/h2-17,20,23,30,34,36,44H,18-19,21-22H2,1H3,(H,39,45). The second-order valence-electron chi connectivity index (χ2n) is 11.6. The van der Waals surface area contributed by atoms with E-state index in [4.69, 9.17) is 9.47 Å². The lowest BCUT2D eigenvalue weighted by molar-refractivity contribution is -0.245. The van der Waals surface area contributed by atoms with Crippen LogP contribution in [0.4, 0.5) is 0 Å². The average molecular weight is 659 g/mol. The molecule has 10 nitrogen and oxygen atoms in total. The van der Waals surface area contributed by atoms with Gasteiger partial charge in [-0.15, -0.1) is 10.2 Å². The maximum Gasteiger partial charge on any atom is 0.271 e. The Morgan fingerprint density at radius 1 is 0.917 bits per heavy atom. The van der Waals surface area contributed by atoms with E-state index in [0.717, 1.165) is 44.1 Å². The van der Waals surface area contributed by atoms with Crippen molar-refractivity contribution in [2.24, 2.45) is 7.05 Å². The van der Waals surface area contributed by atoms with Crippen molar-refractivity contribution in [3.8, 4) is 11.1 Å². The van der Waals surface area contributed by atoms with Gasteiger partial charge in [0.1, 0.15) is 12.0 Å². The first-order chi connectivity index (χ1) is 23.5. The highest BCUT2D eigenvalue weighted by Gasteiger charge is 2.32. The molecule has 3 heterocycles. The third-order valence-corrected chi connectivity index (χ3v) is 9.40. The summed E-state index contributed by atoms with van der Waals surface area (Å²) < 4.78 is 15.0. The summed E-state index contributed by atoms with van der Waals surface area (Å²) in [7, 11) is 1.93. The quantitative estimate of drug-likeness (QED) is 0.166. The van der Waals surface area contributed by atoms with E-state index in [1.54, 1.807) is 18.1 Å². The molecular formula is C37H34N6O4S. The van der Waals surface area contributed by atoms with Crippen LogP contribution in [0.15, 0.2) is 115 Å². The van der Waals surface area contributed by atoms with Crippen LogP contribution in [0.3, 0.4) is 0 Å². The minimum atomic E-state index is -0.586. The largest absolute Gasteiger partial charge is 0.392 e. The molecule has 1 fully saturated rings. The Kier molecular flexibility index (Phi) is 9.53. The minimum absolute atomic E-state index is 0.00595. The van der Waals surface area contributed by atoms with Gasteiger partial charge in [0.25, 0.3) is 5.91 Å². The Hall–Kier alpha value is -4.94. The van der Waals surface area contributed by atoms with Crippen molar-refractivity contribution in [2.75, 3.05) is 5.75 Å². The van der Waals surface area contributed by atoms with Crippen molar-refractivity contribution in [3.05, 3.63) is 138 Å². The van der Waals surface area contributed by atoms with Crippen LogP contribution in [0.5, 0.6) is 0 Å². The Labute approximate surface area is 282 Å². The minimum Gasteiger partial charge on any atom is -0.392 e. The number of thioether (sulfide) groups is 1. The first-order valence-corrected chi connectivity index (χ1v) is 16.7. The number of benzene rings is 4. The highest BCUT2D eigenvalue weighted by Crippen LogP contribution is 2.40. The first kappa shape index (κ1) is 31.6. The molecule has 1 aliphatic heterocycles. The predicted molar refractivity (Wildman–Crippen MR) is 183 cm³/mol. The number of aliphatic hydroxyl groups excluding tert-OH is 1. The Morgan fingerprint density at radius 3 is 2.50 bits per heavy atom. The number of amides is 1. The average Bonchev–Trinajstić information content (AvgIpc) is 3.57. The summed E-state index contributed by atoms with van der Waals surface area (Å²) in [6.07, 6.45) is 2.99. The van der Waals surface area contributed by atoms with Crippen molar-refractivity contribution in [2.45, 2.75) is 43.2 Å². The predicted octanol–water partition coefficient (Wildman–Crippen LogP) is 6.19. The summed E-state index contributed by atoms with van der Waals surface area (Å²) in [6.45, 7) is 0.339. The van der Waals surface area contributed by atoms with Crippen molar-refractivity contribution in [1.29, 1.82) is 0 Å². The van der Waals surface area contributed by atoms with E-state index < -0.39 is 6.29 Å². The van der Waals surface area contributed by atoms with E-state index in [1.165, 1.54) is 6.20 Å². The molecule has 3 unspecified atom stereocenters. The lowest BCUT2D eigenvalue weighted by Gasteiger charge is -2.36. The van der Waals surface area contributed by atoms with Crippen LogP contribution in [0.2, 0.25) is 0 Å². The molecule has 4 aromatic carbocycles. The van der Waals surface area contributed by atoms with Crippen LogP contribution >= 0.6 is 11.8 Å². The van der Waals surface area contributed by atoms with Gasteiger partial charge in [-0.3, -0.25) is 9.78 Å². The van der Waals surface area contributed by atoms with Gasteiger partial charge in [0.2, 0.25) is 0 Å². The second kappa shape index (κ2) is 14.4. The Morgan fingerprint density at radius 2 is 1.71 bits per heavy atom. The van der Waals surface area contributed by atoms with Crippen LogP contribution in [-0.2, 0) is 29.7 Å². The molecule has 7 rings (SSSR count). The molecule has 0 saturated carbocycles. The van der Waals surface area contributed by atoms with Crippen LogP contribution < -0.4 is 5.32 Å². The zero-order valence-electron chi connectivity index (χ0n) is 26.3. The molecule has 1 amide bonds. The number of ether oxygens (including phenoxy) is 2. The van der Waals surface area contributed by atoms with Crippen LogP contribution in [0.1, 0.15) is 51.6 Å². The van der Waals surface area contributed by atoms with Crippen LogP contribution in [0.25, 0.3) is 22.2 Å². The third-order valence-electron chi connectivity index (χ3n) is 8.24. The fourth-order valence-electron chi connectivity index (χ4n) is 5.66. The van der Waals surface area contributed by atoms with E-state index >= 15 is 0 Å². The highest BCUT2D eigenvalue weighted by molar-refractivity contribution is 7.99. The van der Waals surface area contributed by atoms with E-state index in [2.05, 4.69) is 43.7 Å². The molecule has 3 atom stereocenters. The van der Waals surface area contributed by atoms with E-state index in [0.29, 0.717) is 24.2 Å². The van der Waals surface area contributed by atoms with Gasteiger partial charge in [-0.05, 0) is 52.1 Å². The monoisotopic (exact) mass is 658 g/mol. The van der Waals surface area contributed by atoms with Gasteiger partial charge >= 0.3 is 0 Å². The number of rotatable bonds is 10. The van der Waals surface area contributed by atoms with Gasteiger partial charge in [-0.25, -0.2) is 4.98 Å². The molecule has 2 aromatic heterocycles. The van der Waals surface area contributed by atoms with Gasteiger partial charge in [0.05, 0.1) is 36.0 Å². The Balaban J connectivity index is 1.07. The molecule has 6 aromatic rings. The second-order valence-corrected chi connectivity index (χ2v) is 12.6. The normalized spacial score (nSPS) is 17.8. The number of nitrogens with one attached hydrogen (secondary N) is 1. The van der Waals surface area contributed by atoms with Gasteiger partial charge < -0.3 is 24.5 Å². The Bertz CT molecular complexity index is 2030. The molecular weight excluding hydrogens is 625 g/mol. The molecule has 11 heteroatoms. The fraction of sp³-hybridized carbons (Fsp3) is 0.216. The number of hydrogen-bond donors (Lipinski definition) is 2. The van der Waals surface area contributed by atoms with E-state index in [1.807, 2.05) is 90.5 Å². The molecule has 0 radical (unpaired) electrons. The molecule has 0 spiro atoms. The van der Waals surface area contributed by atoms with Gasteiger partial charge in [-0.1, -0.05) is 84.6 Å². The van der Waals surface area contributed by atoms with Crippen molar-refractivity contribution >= 4 is 28.7 Å². The summed E-state index contributed by atoms with van der Waals surface area (Å²) in [4.78, 5) is 21.7. The van der Waals surface area contributed by atoms with Crippen LogP contribution in [-0.4, -0.2) is 47.6 Å². The summed E-state index contributed by atoms with van der Waals surface area (Å²) in [5.74, 6) is 0.412. The first-order valence-electron chi connectivity index (χ1n) is 15.7. The number of aromatic nitrogens is 5. The number of hydrogen-bond acceptors (Lipinski definition) is 9. The molecule has 0 aliphatic carbocycles. The maximum absolute atomic E-state index is 12.9. The number of nitrogens with zero attached hydrogens (tertiary/aromatic N) is 5. The zero-order chi connectivity index (χ0) is 32.9. The molecule has 48 heavy (non-hydrogen) atoms. The van der Waals surface area contributed by atoms with Crippen LogP contribution in [0, 0.1) is 0 Å². The molecule has 1 saturated heterocycles. The maximum atomic E-state index is 12.9. The summed E-state index contributed by atoms with van der Waals surface area (Å²) >= 11 is 1.61. The summed E-state index contributed by atoms with van der Waals surface area (Å²) in [5.41, 5.74) is 7.48.